The summed E-state index contributed by atoms with van der Waals surface area (Å²) >= 11 is 3.49. The summed E-state index contributed by atoms with van der Waals surface area (Å²) in [5.41, 5.74) is 4.77. The molecular weight excluding hydrogens is 328 g/mol. The van der Waals surface area contributed by atoms with Crippen molar-refractivity contribution in [2.75, 3.05) is 0 Å². The Hall–Kier alpha value is -2.27. The molecule has 0 saturated carbocycles. The van der Waals surface area contributed by atoms with Gasteiger partial charge < -0.3 is 0 Å². The summed E-state index contributed by atoms with van der Waals surface area (Å²) < 4.78 is 2.73. The predicted molar refractivity (Wildman–Crippen MR) is 86.2 cm³/mol. The number of hydrogen-bond donors (Lipinski definition) is 0. The Labute approximate surface area is 129 Å². The van der Waals surface area contributed by atoms with Crippen molar-refractivity contribution in [3.63, 3.8) is 0 Å². The quantitative estimate of drug-likeness (QED) is 0.526. The van der Waals surface area contributed by atoms with Crippen LogP contribution in [-0.4, -0.2) is 19.6 Å². The van der Waals surface area contributed by atoms with Crippen LogP contribution in [0.15, 0.2) is 53.3 Å². The van der Waals surface area contributed by atoms with Crippen LogP contribution in [0.3, 0.4) is 0 Å². The van der Waals surface area contributed by atoms with Gasteiger partial charge in [-0.25, -0.2) is 9.50 Å². The average molecular weight is 339 g/mol. The van der Waals surface area contributed by atoms with E-state index in [0.717, 1.165) is 38.0 Å². The van der Waals surface area contributed by atoms with Crippen LogP contribution in [0.5, 0.6) is 0 Å². The van der Waals surface area contributed by atoms with Crippen molar-refractivity contribution in [1.29, 1.82) is 0 Å². The van der Waals surface area contributed by atoms with E-state index in [0.29, 0.717) is 0 Å². The van der Waals surface area contributed by atoms with Gasteiger partial charge in [-0.15, -0.1) is 0 Å². The summed E-state index contributed by atoms with van der Waals surface area (Å²) in [6.07, 6.45) is 3.64. The van der Waals surface area contributed by atoms with E-state index in [-0.39, 0.29) is 0 Å². The van der Waals surface area contributed by atoms with E-state index in [1.54, 1.807) is 6.20 Å². The second-order valence-corrected chi connectivity index (χ2v) is 5.78. The first-order valence-corrected chi connectivity index (χ1v) is 7.38. The normalized spacial score (nSPS) is 11.3. The fourth-order valence-corrected chi connectivity index (χ4v) is 2.82. The lowest BCUT2D eigenvalue weighted by atomic mass is 10.1. The summed E-state index contributed by atoms with van der Waals surface area (Å²) in [6.45, 7) is 1.98. The molecule has 21 heavy (non-hydrogen) atoms. The largest absolute Gasteiger partial charge is 0.256 e. The molecule has 4 aromatic rings. The van der Waals surface area contributed by atoms with Crippen LogP contribution >= 0.6 is 15.9 Å². The lowest BCUT2D eigenvalue weighted by Crippen LogP contribution is -1.98. The van der Waals surface area contributed by atoms with Crippen LogP contribution in [0.1, 0.15) is 5.69 Å². The summed E-state index contributed by atoms with van der Waals surface area (Å²) in [4.78, 5) is 9.04. The molecule has 1 aromatic carbocycles. The molecule has 0 unspecified atom stereocenters. The monoisotopic (exact) mass is 338 g/mol. The van der Waals surface area contributed by atoms with Gasteiger partial charge in [0.15, 0.2) is 5.65 Å². The van der Waals surface area contributed by atoms with E-state index >= 15 is 0 Å². The highest BCUT2D eigenvalue weighted by molar-refractivity contribution is 9.10. The fraction of sp³-hybridized carbons (Fsp3) is 0.0625. The number of aromatic nitrogens is 4. The van der Waals surface area contributed by atoms with Gasteiger partial charge in [0.1, 0.15) is 0 Å². The number of fused-ring (bicyclic) bond motifs is 2. The number of hydrogen-bond acceptors (Lipinski definition) is 3. The highest BCUT2D eigenvalue weighted by Crippen LogP contribution is 2.26. The van der Waals surface area contributed by atoms with Gasteiger partial charge in [0.25, 0.3) is 0 Å². The second kappa shape index (κ2) is 4.63. The summed E-state index contributed by atoms with van der Waals surface area (Å²) in [5.74, 6) is 0. The zero-order chi connectivity index (χ0) is 14.4. The van der Waals surface area contributed by atoms with Gasteiger partial charge >= 0.3 is 0 Å². The highest BCUT2D eigenvalue weighted by Gasteiger charge is 2.11. The molecule has 0 bridgehead atoms. The van der Waals surface area contributed by atoms with Gasteiger partial charge in [0.05, 0.1) is 21.9 Å². The van der Waals surface area contributed by atoms with Gasteiger partial charge in [0.2, 0.25) is 0 Å². The van der Waals surface area contributed by atoms with Gasteiger partial charge in [-0.05, 0) is 41.1 Å². The van der Waals surface area contributed by atoms with Gasteiger partial charge in [0, 0.05) is 22.8 Å². The molecule has 0 fully saturated rings. The van der Waals surface area contributed by atoms with E-state index in [1.807, 2.05) is 41.9 Å². The Kier molecular flexibility index (Phi) is 2.75. The number of benzene rings is 1. The predicted octanol–water partition coefficient (Wildman–Crippen LogP) is 4.02. The molecule has 0 aliphatic carbocycles. The molecule has 0 saturated heterocycles. The van der Waals surface area contributed by atoms with Crippen molar-refractivity contribution in [2.45, 2.75) is 6.92 Å². The molecule has 5 heteroatoms. The second-order valence-electron chi connectivity index (χ2n) is 4.93. The van der Waals surface area contributed by atoms with E-state index in [2.05, 4.69) is 43.1 Å². The number of para-hydroxylation sites is 1. The molecular formula is C16H11BrN4. The topological polar surface area (TPSA) is 43.1 Å². The third-order valence-electron chi connectivity index (χ3n) is 3.44. The summed E-state index contributed by atoms with van der Waals surface area (Å²) in [7, 11) is 0. The molecule has 3 aromatic heterocycles. The Morgan fingerprint density at radius 1 is 1.10 bits per heavy atom. The Morgan fingerprint density at radius 3 is 2.86 bits per heavy atom. The highest BCUT2D eigenvalue weighted by atomic mass is 79.9. The standard InChI is InChI=1S/C16H11BrN4/c1-10-6-15(21-16(20-10)13(17)9-19-21)12-7-11-4-2-3-5-14(11)18-8-12/h2-9H,1H3. The third kappa shape index (κ3) is 2.01. The first-order valence-electron chi connectivity index (χ1n) is 6.58. The van der Waals surface area contributed by atoms with Crippen LogP contribution in [0.25, 0.3) is 27.8 Å². The minimum Gasteiger partial charge on any atom is -0.256 e. The van der Waals surface area contributed by atoms with Crippen LogP contribution in [0, 0.1) is 6.92 Å². The zero-order valence-corrected chi connectivity index (χ0v) is 12.9. The lowest BCUT2D eigenvalue weighted by Gasteiger charge is -2.07. The molecule has 0 spiro atoms. The Bertz CT molecular complexity index is 975. The summed E-state index contributed by atoms with van der Waals surface area (Å²) in [6, 6.07) is 12.2. The van der Waals surface area contributed by atoms with Crippen molar-refractivity contribution >= 4 is 32.5 Å². The number of aryl methyl sites for hydroxylation is 1. The van der Waals surface area contributed by atoms with Crippen LogP contribution in [0.4, 0.5) is 0 Å². The van der Waals surface area contributed by atoms with Gasteiger partial charge in [-0.2, -0.15) is 5.10 Å². The third-order valence-corrected chi connectivity index (χ3v) is 4.00. The van der Waals surface area contributed by atoms with Gasteiger partial charge in [-0.3, -0.25) is 4.98 Å². The minimum atomic E-state index is 0.818. The fourth-order valence-electron chi connectivity index (χ4n) is 2.47. The van der Waals surface area contributed by atoms with Crippen molar-refractivity contribution in [3.05, 3.63) is 59.0 Å². The molecule has 0 aliphatic heterocycles. The first-order chi connectivity index (χ1) is 10.2. The van der Waals surface area contributed by atoms with Crippen LogP contribution < -0.4 is 0 Å². The maximum atomic E-state index is 4.53. The van der Waals surface area contributed by atoms with Crippen LogP contribution in [-0.2, 0) is 0 Å². The molecule has 0 radical (unpaired) electrons. The molecule has 3 heterocycles. The van der Waals surface area contributed by atoms with Crippen molar-refractivity contribution < 1.29 is 0 Å². The molecule has 102 valence electrons. The molecule has 0 amide bonds. The zero-order valence-electron chi connectivity index (χ0n) is 11.3. The lowest BCUT2D eigenvalue weighted by molar-refractivity contribution is 0.937. The molecule has 0 aliphatic rings. The van der Waals surface area contributed by atoms with Gasteiger partial charge in [-0.1, -0.05) is 18.2 Å². The average Bonchev–Trinajstić information content (AvgIpc) is 2.87. The smallest absolute Gasteiger partial charge is 0.170 e. The maximum Gasteiger partial charge on any atom is 0.170 e. The van der Waals surface area contributed by atoms with Crippen molar-refractivity contribution in [1.82, 2.24) is 19.6 Å². The van der Waals surface area contributed by atoms with Crippen molar-refractivity contribution in [2.24, 2.45) is 0 Å². The Morgan fingerprint density at radius 2 is 1.95 bits per heavy atom. The van der Waals surface area contributed by atoms with Crippen molar-refractivity contribution in [3.8, 4) is 11.3 Å². The molecule has 0 atom stereocenters. The van der Waals surface area contributed by atoms with E-state index in [9.17, 15) is 0 Å². The molecule has 4 rings (SSSR count). The summed E-state index contributed by atoms with van der Waals surface area (Å²) in [5, 5.41) is 5.51. The van der Waals surface area contributed by atoms with E-state index < -0.39 is 0 Å². The number of nitrogens with zero attached hydrogens (tertiary/aromatic N) is 4. The number of halogens is 1. The molecule has 4 nitrogen and oxygen atoms in total. The SMILES string of the molecule is Cc1cc(-c2cnc3ccccc3c2)n2ncc(Br)c2n1. The molecule has 0 N–H and O–H groups in total. The minimum absolute atomic E-state index is 0.818. The first kappa shape index (κ1) is 12.5. The van der Waals surface area contributed by atoms with Crippen LogP contribution in [0.2, 0.25) is 0 Å². The van der Waals surface area contributed by atoms with E-state index in [4.69, 9.17) is 0 Å². The Balaban J connectivity index is 2.03. The number of pyridine rings is 1. The maximum absolute atomic E-state index is 4.53. The number of rotatable bonds is 1. The van der Waals surface area contributed by atoms with E-state index in [1.165, 1.54) is 0 Å².